The highest BCUT2D eigenvalue weighted by molar-refractivity contribution is 9.10. The van der Waals surface area contributed by atoms with E-state index in [1.54, 1.807) is 0 Å². The molecule has 1 heterocycles. The van der Waals surface area contributed by atoms with Gasteiger partial charge in [-0.15, -0.1) is 5.10 Å². The van der Waals surface area contributed by atoms with Crippen molar-refractivity contribution in [2.45, 2.75) is 32.3 Å². The Morgan fingerprint density at radius 2 is 2.17 bits per heavy atom. The number of aliphatic hydroxyl groups excluding tert-OH is 1. The molecule has 18 heavy (non-hydrogen) atoms. The van der Waals surface area contributed by atoms with Crippen LogP contribution in [0, 0.1) is 0 Å². The zero-order valence-corrected chi connectivity index (χ0v) is 12.7. The molecule has 2 rings (SSSR count). The van der Waals surface area contributed by atoms with Crippen LogP contribution in [0.3, 0.4) is 0 Å². The van der Waals surface area contributed by atoms with Crippen LogP contribution in [-0.2, 0) is 6.42 Å². The lowest BCUT2D eigenvalue weighted by molar-refractivity contribution is 0.180. The molecule has 0 aliphatic rings. The van der Waals surface area contributed by atoms with Crippen molar-refractivity contribution in [2.24, 2.45) is 0 Å². The van der Waals surface area contributed by atoms with Gasteiger partial charge in [-0.25, -0.2) is 0 Å². The van der Waals surface area contributed by atoms with E-state index in [1.165, 1.54) is 11.5 Å². The lowest BCUT2D eigenvalue weighted by atomic mass is 10.0. The van der Waals surface area contributed by atoms with Crippen molar-refractivity contribution in [3.63, 3.8) is 0 Å². The predicted octanol–water partition coefficient (Wildman–Crippen LogP) is 3.70. The third-order valence-corrected chi connectivity index (χ3v) is 4.04. The maximum Gasteiger partial charge on any atom is 0.0957 e. The fourth-order valence-corrected chi connectivity index (χ4v) is 3.05. The molecule has 0 spiro atoms. The van der Waals surface area contributed by atoms with Crippen LogP contribution in [0.1, 0.15) is 42.0 Å². The second kappa shape index (κ2) is 5.91. The zero-order chi connectivity index (χ0) is 13.1. The average Bonchev–Trinajstić information content (AvgIpc) is 2.77. The Kier molecular flexibility index (Phi) is 4.48. The number of hydrogen-bond acceptors (Lipinski definition) is 4. The number of benzene rings is 1. The Bertz CT molecular complexity index is 527. The van der Waals surface area contributed by atoms with Gasteiger partial charge in [0.2, 0.25) is 0 Å². The van der Waals surface area contributed by atoms with Crippen LogP contribution in [-0.4, -0.2) is 14.7 Å². The zero-order valence-electron chi connectivity index (χ0n) is 10.3. The first-order valence-corrected chi connectivity index (χ1v) is 7.39. The highest BCUT2D eigenvalue weighted by atomic mass is 79.9. The lowest BCUT2D eigenvalue weighted by Crippen LogP contribution is -2.04. The van der Waals surface area contributed by atoms with Gasteiger partial charge in [0.25, 0.3) is 0 Å². The van der Waals surface area contributed by atoms with Crippen LogP contribution in [0.25, 0.3) is 0 Å². The molecule has 1 aromatic heterocycles. The largest absolute Gasteiger partial charge is 0.387 e. The molecule has 2 aromatic rings. The molecule has 1 N–H and O–H groups in total. The molecular formula is C13H15BrN2OS. The minimum absolute atomic E-state index is 0.288. The van der Waals surface area contributed by atoms with Crippen LogP contribution in [0.2, 0.25) is 0 Å². The van der Waals surface area contributed by atoms with Crippen molar-refractivity contribution in [1.82, 2.24) is 9.59 Å². The van der Waals surface area contributed by atoms with E-state index in [2.05, 4.69) is 39.4 Å². The highest BCUT2D eigenvalue weighted by Crippen LogP contribution is 2.28. The highest BCUT2D eigenvalue weighted by Gasteiger charge is 2.19. The van der Waals surface area contributed by atoms with Crippen LogP contribution >= 0.6 is 27.5 Å². The van der Waals surface area contributed by atoms with Crippen molar-refractivity contribution >= 4 is 27.5 Å². The minimum atomic E-state index is -0.531. The Morgan fingerprint density at radius 1 is 1.39 bits per heavy atom. The summed E-state index contributed by atoms with van der Waals surface area (Å²) in [4.78, 5) is 0.880. The Morgan fingerprint density at radius 3 is 2.83 bits per heavy atom. The molecule has 0 aliphatic heterocycles. The summed E-state index contributed by atoms with van der Waals surface area (Å²) >= 11 is 4.72. The van der Waals surface area contributed by atoms with Crippen LogP contribution in [0.5, 0.6) is 0 Å². The predicted molar refractivity (Wildman–Crippen MR) is 76.8 cm³/mol. The van der Waals surface area contributed by atoms with Crippen molar-refractivity contribution in [3.8, 4) is 0 Å². The van der Waals surface area contributed by atoms with Gasteiger partial charge in [-0.05, 0) is 35.1 Å². The van der Waals surface area contributed by atoms with Gasteiger partial charge in [0, 0.05) is 10.9 Å². The summed E-state index contributed by atoms with van der Waals surface area (Å²) in [7, 11) is 0. The monoisotopic (exact) mass is 326 g/mol. The maximum atomic E-state index is 10.3. The van der Waals surface area contributed by atoms with E-state index in [0.29, 0.717) is 6.42 Å². The lowest BCUT2D eigenvalue weighted by Gasteiger charge is -2.11. The molecule has 1 unspecified atom stereocenters. The van der Waals surface area contributed by atoms with E-state index in [1.807, 2.05) is 24.3 Å². The quantitative estimate of drug-likeness (QED) is 0.931. The fraction of sp³-hybridized carbons (Fsp3) is 0.385. The van der Waals surface area contributed by atoms with Gasteiger partial charge in [0.15, 0.2) is 0 Å². The Hall–Kier alpha value is -0.780. The summed E-state index contributed by atoms with van der Waals surface area (Å²) < 4.78 is 4.97. The van der Waals surface area contributed by atoms with Crippen LogP contribution < -0.4 is 0 Å². The Labute approximate surface area is 119 Å². The normalized spacial score (nSPS) is 12.9. The number of rotatable bonds is 4. The fourth-order valence-electron chi connectivity index (χ4n) is 1.82. The molecule has 0 bridgehead atoms. The smallest absolute Gasteiger partial charge is 0.0957 e. The third kappa shape index (κ3) is 3.16. The van der Waals surface area contributed by atoms with Crippen molar-refractivity contribution in [1.29, 1.82) is 0 Å². The first-order valence-electron chi connectivity index (χ1n) is 5.82. The molecule has 96 valence electrons. The molecule has 0 aliphatic carbocycles. The molecule has 5 heteroatoms. The van der Waals surface area contributed by atoms with Gasteiger partial charge >= 0.3 is 0 Å². The number of halogens is 1. The molecule has 0 radical (unpaired) electrons. The summed E-state index contributed by atoms with van der Waals surface area (Å²) in [5.74, 6) is 0.288. The molecule has 1 aromatic carbocycles. The molecule has 0 fully saturated rings. The summed E-state index contributed by atoms with van der Waals surface area (Å²) in [6.07, 6.45) is 0.0555. The average molecular weight is 327 g/mol. The number of nitrogens with zero attached hydrogens (tertiary/aromatic N) is 2. The summed E-state index contributed by atoms with van der Waals surface area (Å²) in [6.45, 7) is 4.12. The summed E-state index contributed by atoms with van der Waals surface area (Å²) in [5.41, 5.74) is 2.00. The van der Waals surface area contributed by atoms with E-state index in [-0.39, 0.29) is 5.92 Å². The maximum absolute atomic E-state index is 10.3. The molecular weight excluding hydrogens is 312 g/mol. The van der Waals surface area contributed by atoms with Gasteiger partial charge < -0.3 is 5.11 Å². The van der Waals surface area contributed by atoms with Crippen LogP contribution in [0.15, 0.2) is 28.7 Å². The van der Waals surface area contributed by atoms with E-state index in [9.17, 15) is 5.11 Å². The Balaban J connectivity index is 2.17. The van der Waals surface area contributed by atoms with E-state index in [0.717, 1.165) is 20.6 Å². The molecule has 3 nitrogen and oxygen atoms in total. The van der Waals surface area contributed by atoms with Crippen LogP contribution in [0.4, 0.5) is 0 Å². The van der Waals surface area contributed by atoms with Crippen molar-refractivity contribution in [3.05, 3.63) is 44.9 Å². The molecule has 0 saturated heterocycles. The van der Waals surface area contributed by atoms with Gasteiger partial charge in [-0.1, -0.05) is 46.4 Å². The first kappa shape index (κ1) is 13.6. The second-order valence-corrected chi connectivity index (χ2v) is 6.23. The number of aromatic nitrogens is 2. The molecule has 1 atom stereocenters. The topological polar surface area (TPSA) is 46.0 Å². The van der Waals surface area contributed by atoms with Gasteiger partial charge in [-0.3, -0.25) is 0 Å². The van der Waals surface area contributed by atoms with Gasteiger partial charge in [0.05, 0.1) is 16.7 Å². The first-order chi connectivity index (χ1) is 8.58. The van der Waals surface area contributed by atoms with E-state index < -0.39 is 6.10 Å². The van der Waals surface area contributed by atoms with Gasteiger partial charge in [0.1, 0.15) is 0 Å². The number of hydrogen-bond donors (Lipinski definition) is 1. The van der Waals surface area contributed by atoms with E-state index in [4.69, 9.17) is 0 Å². The molecule has 0 amide bonds. The van der Waals surface area contributed by atoms with Gasteiger partial charge in [-0.2, -0.15) is 0 Å². The van der Waals surface area contributed by atoms with Crippen molar-refractivity contribution in [2.75, 3.05) is 0 Å². The third-order valence-electron chi connectivity index (χ3n) is 2.71. The summed E-state index contributed by atoms with van der Waals surface area (Å²) in [6, 6.07) is 7.98. The summed E-state index contributed by atoms with van der Waals surface area (Å²) in [5, 5.41) is 14.4. The molecule has 0 saturated carbocycles. The SMILES string of the molecule is CC(C)c1nnsc1C(O)Cc1cccc(Br)c1. The van der Waals surface area contributed by atoms with E-state index >= 15 is 0 Å². The van der Waals surface area contributed by atoms with Crippen molar-refractivity contribution < 1.29 is 5.11 Å². The number of aliphatic hydroxyl groups is 1. The second-order valence-electron chi connectivity index (χ2n) is 4.53. The standard InChI is InChI=1S/C13H15BrN2OS/c1-8(2)12-13(18-16-15-12)11(17)7-9-4-3-5-10(14)6-9/h3-6,8,11,17H,7H2,1-2H3. The minimum Gasteiger partial charge on any atom is -0.387 e.